The lowest BCUT2D eigenvalue weighted by molar-refractivity contribution is 0.598. The Balaban J connectivity index is 2.37. The van der Waals surface area contributed by atoms with Crippen molar-refractivity contribution in [3.8, 4) is 0 Å². The summed E-state index contributed by atoms with van der Waals surface area (Å²) in [6.45, 7) is 0. The molecule has 0 bridgehead atoms. The third kappa shape index (κ3) is 3.21. The number of nitrogens with two attached hydrogens (primary N) is 2. The molecule has 0 spiro atoms. The summed E-state index contributed by atoms with van der Waals surface area (Å²) in [4.78, 5) is -0.0497. The van der Waals surface area contributed by atoms with Crippen LogP contribution in [0.15, 0.2) is 47.4 Å². The maximum absolute atomic E-state index is 12.8. The van der Waals surface area contributed by atoms with Crippen LogP contribution in [0.1, 0.15) is 0 Å². The van der Waals surface area contributed by atoms with Crippen LogP contribution in [-0.4, -0.2) is 8.42 Å². The Bertz CT molecular complexity index is 699. The van der Waals surface area contributed by atoms with Gasteiger partial charge in [0.2, 0.25) is 10.0 Å². The van der Waals surface area contributed by atoms with Crippen molar-refractivity contribution in [3.05, 3.63) is 48.3 Å². The fourth-order valence-corrected chi connectivity index (χ4v) is 2.05. The minimum atomic E-state index is -3.80. The predicted molar refractivity (Wildman–Crippen MR) is 71.9 cm³/mol. The molecule has 0 saturated heterocycles. The average molecular weight is 281 g/mol. The molecule has 0 heterocycles. The fourth-order valence-electron chi connectivity index (χ4n) is 1.51. The monoisotopic (exact) mass is 281 g/mol. The molecule has 0 aliphatic carbocycles. The van der Waals surface area contributed by atoms with Crippen molar-refractivity contribution in [1.29, 1.82) is 0 Å². The van der Waals surface area contributed by atoms with E-state index in [1.165, 1.54) is 42.5 Å². The molecule has 19 heavy (non-hydrogen) atoms. The summed E-state index contributed by atoms with van der Waals surface area (Å²) in [5.41, 5.74) is 7.07. The van der Waals surface area contributed by atoms with Crippen LogP contribution in [0.25, 0.3) is 0 Å². The lowest BCUT2D eigenvalue weighted by Gasteiger charge is -2.10. The topological polar surface area (TPSA) is 98.2 Å². The van der Waals surface area contributed by atoms with Gasteiger partial charge in [0, 0.05) is 5.69 Å². The van der Waals surface area contributed by atoms with Crippen LogP contribution in [-0.2, 0) is 10.0 Å². The second kappa shape index (κ2) is 4.87. The van der Waals surface area contributed by atoms with Crippen LogP contribution in [0, 0.1) is 5.82 Å². The zero-order valence-electron chi connectivity index (χ0n) is 9.80. The first kappa shape index (κ1) is 13.3. The predicted octanol–water partition coefficient (Wildman–Crippen LogP) is 1.80. The lowest BCUT2D eigenvalue weighted by atomic mass is 10.2. The van der Waals surface area contributed by atoms with Gasteiger partial charge in [-0.3, -0.25) is 0 Å². The number of nitrogens with one attached hydrogen (secondary N) is 1. The van der Waals surface area contributed by atoms with E-state index in [0.29, 0.717) is 17.1 Å². The normalized spacial score (nSPS) is 11.3. The van der Waals surface area contributed by atoms with Gasteiger partial charge in [0.1, 0.15) is 5.82 Å². The Morgan fingerprint density at radius 2 is 1.68 bits per heavy atom. The average Bonchev–Trinajstić information content (AvgIpc) is 2.33. The van der Waals surface area contributed by atoms with Gasteiger partial charge in [0.15, 0.2) is 0 Å². The molecule has 0 atom stereocenters. The third-order valence-corrected chi connectivity index (χ3v) is 3.39. The molecule has 0 amide bonds. The Kier molecular flexibility index (Phi) is 3.41. The number of primary sulfonamides is 1. The Morgan fingerprint density at radius 3 is 2.26 bits per heavy atom. The van der Waals surface area contributed by atoms with Crippen molar-refractivity contribution in [2.75, 3.05) is 11.1 Å². The Labute approximate surface area is 110 Å². The van der Waals surface area contributed by atoms with Crippen LogP contribution < -0.4 is 16.2 Å². The number of benzene rings is 2. The molecule has 5 N–H and O–H groups in total. The molecule has 0 aromatic heterocycles. The minimum absolute atomic E-state index is 0.0497. The summed E-state index contributed by atoms with van der Waals surface area (Å²) in [5.74, 6) is -0.364. The maximum atomic E-state index is 12.8. The van der Waals surface area contributed by atoms with E-state index in [0.717, 1.165) is 0 Å². The highest BCUT2D eigenvalue weighted by Crippen LogP contribution is 2.25. The SMILES string of the molecule is Nc1ccc(S(N)(=O)=O)cc1Nc1ccc(F)cc1. The quantitative estimate of drug-likeness (QED) is 0.747. The van der Waals surface area contributed by atoms with E-state index in [1.54, 1.807) is 0 Å². The van der Waals surface area contributed by atoms with Gasteiger partial charge in [-0.05, 0) is 42.5 Å². The maximum Gasteiger partial charge on any atom is 0.238 e. The summed E-state index contributed by atoms with van der Waals surface area (Å²) in [5, 5.41) is 7.94. The smallest absolute Gasteiger partial charge is 0.238 e. The largest absolute Gasteiger partial charge is 0.397 e. The third-order valence-electron chi connectivity index (χ3n) is 2.48. The van der Waals surface area contributed by atoms with E-state index in [2.05, 4.69) is 5.32 Å². The Hall–Kier alpha value is -2.12. The molecule has 2 aromatic rings. The highest BCUT2D eigenvalue weighted by atomic mass is 32.2. The van der Waals surface area contributed by atoms with Crippen molar-refractivity contribution in [2.45, 2.75) is 4.90 Å². The van der Waals surface area contributed by atoms with E-state index < -0.39 is 10.0 Å². The first-order valence-electron chi connectivity index (χ1n) is 5.31. The van der Waals surface area contributed by atoms with Gasteiger partial charge in [-0.25, -0.2) is 17.9 Å². The van der Waals surface area contributed by atoms with Crippen molar-refractivity contribution in [3.63, 3.8) is 0 Å². The molecule has 0 unspecified atom stereocenters. The van der Waals surface area contributed by atoms with E-state index >= 15 is 0 Å². The van der Waals surface area contributed by atoms with Gasteiger partial charge in [-0.1, -0.05) is 0 Å². The summed E-state index contributed by atoms with van der Waals surface area (Å²) in [6.07, 6.45) is 0. The van der Waals surface area contributed by atoms with Crippen LogP contribution in [0.4, 0.5) is 21.5 Å². The molecular weight excluding hydrogens is 269 g/mol. The molecule has 0 radical (unpaired) electrons. The number of rotatable bonds is 3. The first-order chi connectivity index (χ1) is 8.86. The van der Waals surface area contributed by atoms with Crippen molar-refractivity contribution in [1.82, 2.24) is 0 Å². The minimum Gasteiger partial charge on any atom is -0.397 e. The molecular formula is C12H12FN3O2S. The number of nitrogen functional groups attached to an aromatic ring is 1. The highest BCUT2D eigenvalue weighted by molar-refractivity contribution is 7.89. The van der Waals surface area contributed by atoms with E-state index in [9.17, 15) is 12.8 Å². The van der Waals surface area contributed by atoms with Crippen molar-refractivity contribution < 1.29 is 12.8 Å². The van der Waals surface area contributed by atoms with Crippen LogP contribution in [0.3, 0.4) is 0 Å². The molecule has 100 valence electrons. The number of anilines is 3. The molecule has 0 aliphatic rings. The summed E-state index contributed by atoms with van der Waals surface area (Å²) < 4.78 is 35.3. The van der Waals surface area contributed by atoms with Crippen molar-refractivity contribution in [2.24, 2.45) is 5.14 Å². The fraction of sp³-hybridized carbons (Fsp3) is 0. The summed E-state index contributed by atoms with van der Waals surface area (Å²) in [6, 6.07) is 9.67. The van der Waals surface area contributed by atoms with Gasteiger partial charge >= 0.3 is 0 Å². The molecule has 5 nitrogen and oxygen atoms in total. The second-order valence-corrected chi connectivity index (χ2v) is 5.49. The number of sulfonamides is 1. The van der Waals surface area contributed by atoms with E-state index in [4.69, 9.17) is 10.9 Å². The van der Waals surface area contributed by atoms with Gasteiger partial charge in [0.25, 0.3) is 0 Å². The molecule has 0 saturated carbocycles. The summed E-state index contributed by atoms with van der Waals surface area (Å²) >= 11 is 0. The lowest BCUT2D eigenvalue weighted by Crippen LogP contribution is -2.12. The molecule has 0 fully saturated rings. The zero-order valence-corrected chi connectivity index (χ0v) is 10.6. The van der Waals surface area contributed by atoms with Gasteiger partial charge in [-0.2, -0.15) is 0 Å². The van der Waals surface area contributed by atoms with Crippen LogP contribution in [0.5, 0.6) is 0 Å². The van der Waals surface area contributed by atoms with E-state index in [1.807, 2.05) is 0 Å². The van der Waals surface area contributed by atoms with Gasteiger partial charge in [0.05, 0.1) is 16.3 Å². The zero-order chi connectivity index (χ0) is 14.0. The van der Waals surface area contributed by atoms with Crippen LogP contribution >= 0.6 is 0 Å². The second-order valence-electron chi connectivity index (χ2n) is 3.93. The molecule has 7 heteroatoms. The summed E-state index contributed by atoms with van der Waals surface area (Å²) in [7, 11) is -3.80. The van der Waals surface area contributed by atoms with Gasteiger partial charge < -0.3 is 11.1 Å². The standard InChI is InChI=1S/C12H12FN3O2S/c13-8-1-3-9(4-2-8)16-12-7-10(19(15,17)18)5-6-11(12)14/h1-7,16H,14H2,(H2,15,17,18). The molecule has 2 aromatic carbocycles. The molecule has 2 rings (SSSR count). The highest BCUT2D eigenvalue weighted by Gasteiger charge is 2.10. The van der Waals surface area contributed by atoms with Gasteiger partial charge in [-0.15, -0.1) is 0 Å². The van der Waals surface area contributed by atoms with Crippen LogP contribution in [0.2, 0.25) is 0 Å². The van der Waals surface area contributed by atoms with E-state index in [-0.39, 0.29) is 10.7 Å². The first-order valence-corrected chi connectivity index (χ1v) is 6.86. The molecule has 0 aliphatic heterocycles. The number of halogens is 1. The van der Waals surface area contributed by atoms with Crippen molar-refractivity contribution >= 4 is 27.1 Å². The number of hydrogen-bond acceptors (Lipinski definition) is 4. The number of hydrogen-bond donors (Lipinski definition) is 3. The Morgan fingerprint density at radius 1 is 1.05 bits per heavy atom.